The van der Waals surface area contributed by atoms with Crippen LogP contribution in [-0.4, -0.2) is 41.3 Å². The number of fused-ring (bicyclic) bond motifs is 1. The van der Waals surface area contributed by atoms with Gasteiger partial charge in [0, 0.05) is 28.7 Å². The van der Waals surface area contributed by atoms with Crippen LogP contribution >= 0.6 is 0 Å². The molecule has 4 aromatic rings. The minimum absolute atomic E-state index is 0.198. The van der Waals surface area contributed by atoms with E-state index in [4.69, 9.17) is 4.74 Å². The third-order valence-electron chi connectivity index (χ3n) is 4.51. The van der Waals surface area contributed by atoms with Gasteiger partial charge in [0.2, 0.25) is 11.8 Å². The zero-order valence-electron chi connectivity index (χ0n) is 16.9. The molecule has 0 aliphatic rings. The molecule has 1 N–H and O–H groups in total. The van der Waals surface area contributed by atoms with E-state index >= 15 is 0 Å². The van der Waals surface area contributed by atoms with Crippen LogP contribution < -0.4 is 0 Å². The molecule has 4 rings (SSSR count). The summed E-state index contributed by atoms with van der Waals surface area (Å²) in [5.74, 6) is -0.851. The van der Waals surface area contributed by atoms with Crippen molar-refractivity contribution >= 4 is 16.9 Å². The molecule has 1 aromatic carbocycles. The maximum absolute atomic E-state index is 14.0. The smallest absolute Gasteiger partial charge is 0.421 e. The highest BCUT2D eigenvalue weighted by Gasteiger charge is 2.22. The molecular weight excluding hydrogens is 389 g/mol. The van der Waals surface area contributed by atoms with E-state index < -0.39 is 17.6 Å². The summed E-state index contributed by atoms with van der Waals surface area (Å²) in [5, 5.41) is 19.8. The molecule has 0 aliphatic heterocycles. The first kappa shape index (κ1) is 19.6. The van der Waals surface area contributed by atoms with Gasteiger partial charge in [0.05, 0.1) is 5.69 Å². The second kappa shape index (κ2) is 6.94. The number of nitrogens with zero attached hydrogens (tertiary/aromatic N) is 5. The van der Waals surface area contributed by atoms with Gasteiger partial charge in [0.15, 0.2) is 0 Å². The first-order valence-electron chi connectivity index (χ1n) is 9.27. The Hall–Kier alpha value is -3.75. The Bertz CT molecular complexity index is 1270. The number of pyridine rings is 1. The third kappa shape index (κ3) is 3.38. The minimum Gasteiger partial charge on any atom is -0.494 e. The quantitative estimate of drug-likeness (QED) is 0.498. The molecule has 0 atom stereocenters. The van der Waals surface area contributed by atoms with Crippen molar-refractivity contribution in [2.75, 3.05) is 0 Å². The maximum atomic E-state index is 14.0. The van der Waals surface area contributed by atoms with E-state index in [1.54, 1.807) is 58.0 Å². The Labute approximate surface area is 171 Å². The monoisotopic (exact) mass is 409 g/mol. The Morgan fingerprint density at radius 2 is 2.00 bits per heavy atom. The summed E-state index contributed by atoms with van der Waals surface area (Å²) in [4.78, 5) is 16.0. The van der Waals surface area contributed by atoms with Crippen LogP contribution in [0.3, 0.4) is 0 Å². The largest absolute Gasteiger partial charge is 0.494 e. The molecule has 0 saturated carbocycles. The van der Waals surface area contributed by atoms with Crippen molar-refractivity contribution in [2.45, 2.75) is 33.3 Å². The normalized spacial score (nSPS) is 11.8. The van der Waals surface area contributed by atoms with E-state index in [0.29, 0.717) is 27.7 Å². The van der Waals surface area contributed by atoms with Crippen molar-refractivity contribution in [3.63, 3.8) is 0 Å². The molecule has 3 aromatic heterocycles. The first-order valence-corrected chi connectivity index (χ1v) is 9.27. The third-order valence-corrected chi connectivity index (χ3v) is 4.51. The maximum Gasteiger partial charge on any atom is 0.421 e. The van der Waals surface area contributed by atoms with Crippen molar-refractivity contribution < 1.29 is 19.0 Å². The fourth-order valence-electron chi connectivity index (χ4n) is 3.16. The number of hydrogen-bond acceptors (Lipinski definition) is 6. The topological polar surface area (TPSA) is 95.1 Å². The molecule has 0 unspecified atom stereocenters. The SMILES string of the molecule is Cc1c(-c2ccc3c(O)n(C(=O)OC(C)(C)C)cc3c2)nnn1-c1cccnc1F. The van der Waals surface area contributed by atoms with Crippen LogP contribution in [-0.2, 0) is 4.74 Å². The fourth-order valence-corrected chi connectivity index (χ4v) is 3.16. The predicted molar refractivity (Wildman–Crippen MR) is 108 cm³/mol. The summed E-state index contributed by atoms with van der Waals surface area (Å²) < 4.78 is 21.8. The lowest BCUT2D eigenvalue weighted by atomic mass is 10.1. The van der Waals surface area contributed by atoms with E-state index in [-0.39, 0.29) is 11.6 Å². The van der Waals surface area contributed by atoms with Crippen molar-refractivity contribution in [1.82, 2.24) is 24.5 Å². The molecule has 154 valence electrons. The van der Waals surface area contributed by atoms with Crippen molar-refractivity contribution in [3.8, 4) is 22.8 Å². The van der Waals surface area contributed by atoms with Crippen molar-refractivity contribution in [2.24, 2.45) is 0 Å². The minimum atomic E-state index is -0.692. The van der Waals surface area contributed by atoms with Gasteiger partial charge in [0.25, 0.3) is 0 Å². The average Bonchev–Trinajstić information content (AvgIpc) is 3.21. The van der Waals surface area contributed by atoms with Gasteiger partial charge in [-0.2, -0.15) is 4.39 Å². The van der Waals surface area contributed by atoms with Crippen LogP contribution in [0.15, 0.2) is 42.7 Å². The predicted octanol–water partition coefficient (Wildman–Crippen LogP) is 4.22. The fraction of sp³-hybridized carbons (Fsp3) is 0.238. The molecule has 0 amide bonds. The zero-order valence-corrected chi connectivity index (χ0v) is 16.9. The summed E-state index contributed by atoms with van der Waals surface area (Å²) in [6.45, 7) is 7.02. The van der Waals surface area contributed by atoms with Crippen LogP contribution in [0.4, 0.5) is 9.18 Å². The second-order valence-corrected chi connectivity index (χ2v) is 7.85. The van der Waals surface area contributed by atoms with Gasteiger partial charge in [-0.3, -0.25) is 0 Å². The summed E-state index contributed by atoms with van der Waals surface area (Å²) in [5.41, 5.74) is 1.38. The van der Waals surface area contributed by atoms with Gasteiger partial charge in [-0.25, -0.2) is 19.0 Å². The lowest BCUT2D eigenvalue weighted by Crippen LogP contribution is -2.26. The highest BCUT2D eigenvalue weighted by atomic mass is 19.1. The summed E-state index contributed by atoms with van der Waals surface area (Å²) in [7, 11) is 0. The molecule has 30 heavy (non-hydrogen) atoms. The van der Waals surface area contributed by atoms with Gasteiger partial charge in [-0.15, -0.1) is 5.10 Å². The van der Waals surface area contributed by atoms with Gasteiger partial charge in [-0.05, 0) is 52.0 Å². The average molecular weight is 409 g/mol. The number of ether oxygens (including phenoxy) is 1. The summed E-state index contributed by atoms with van der Waals surface area (Å²) in [6.07, 6.45) is 2.19. The van der Waals surface area contributed by atoms with E-state index in [0.717, 1.165) is 4.57 Å². The molecule has 0 aliphatic carbocycles. The van der Waals surface area contributed by atoms with Crippen LogP contribution in [0.25, 0.3) is 27.7 Å². The Balaban J connectivity index is 1.75. The van der Waals surface area contributed by atoms with Crippen LogP contribution in [0.5, 0.6) is 5.88 Å². The van der Waals surface area contributed by atoms with Gasteiger partial charge in [0.1, 0.15) is 17.0 Å². The summed E-state index contributed by atoms with van der Waals surface area (Å²) >= 11 is 0. The highest BCUT2D eigenvalue weighted by Crippen LogP contribution is 2.32. The molecule has 8 nitrogen and oxygen atoms in total. The number of carbonyl (C=O) groups excluding carboxylic acids is 1. The lowest BCUT2D eigenvalue weighted by Gasteiger charge is -2.19. The lowest BCUT2D eigenvalue weighted by molar-refractivity contribution is 0.0526. The zero-order chi connectivity index (χ0) is 21.6. The number of benzene rings is 1. The molecule has 0 spiro atoms. The van der Waals surface area contributed by atoms with Crippen LogP contribution in [0, 0.1) is 12.9 Å². The molecule has 0 radical (unpaired) electrons. The Kier molecular flexibility index (Phi) is 4.53. The number of aromatic hydroxyl groups is 1. The molecule has 0 bridgehead atoms. The number of carbonyl (C=O) groups is 1. The number of rotatable bonds is 2. The number of hydrogen-bond donors (Lipinski definition) is 1. The van der Waals surface area contributed by atoms with Gasteiger partial charge < -0.3 is 9.84 Å². The van der Waals surface area contributed by atoms with Crippen molar-refractivity contribution in [1.29, 1.82) is 0 Å². The van der Waals surface area contributed by atoms with Crippen LogP contribution in [0.1, 0.15) is 26.5 Å². The van der Waals surface area contributed by atoms with Crippen molar-refractivity contribution in [3.05, 3.63) is 54.4 Å². The molecule has 0 fully saturated rings. The Morgan fingerprint density at radius 3 is 2.70 bits per heavy atom. The molecular formula is C21H20FN5O3. The van der Waals surface area contributed by atoms with E-state index in [1.807, 2.05) is 0 Å². The highest BCUT2D eigenvalue weighted by molar-refractivity contribution is 5.95. The molecule has 9 heteroatoms. The standard InChI is InChI=1S/C21H20FN5O3/c1-12-17(24-25-27(12)16-6-5-9-23-18(16)22)13-7-8-15-14(10-13)11-26(19(15)28)20(29)30-21(2,3)4/h5-11,28H,1-4H3. The molecule has 3 heterocycles. The number of aromatic nitrogens is 5. The second-order valence-electron chi connectivity index (χ2n) is 7.85. The van der Waals surface area contributed by atoms with Gasteiger partial charge >= 0.3 is 6.09 Å². The number of halogens is 1. The molecule has 0 saturated heterocycles. The first-order chi connectivity index (χ1) is 14.2. The van der Waals surface area contributed by atoms with E-state index in [9.17, 15) is 14.3 Å². The Morgan fingerprint density at radius 1 is 1.23 bits per heavy atom. The van der Waals surface area contributed by atoms with Gasteiger partial charge in [-0.1, -0.05) is 11.3 Å². The van der Waals surface area contributed by atoms with E-state index in [1.165, 1.54) is 17.1 Å². The van der Waals surface area contributed by atoms with E-state index in [2.05, 4.69) is 15.3 Å². The van der Waals surface area contributed by atoms with Crippen LogP contribution in [0.2, 0.25) is 0 Å². The summed E-state index contributed by atoms with van der Waals surface area (Å²) in [6, 6.07) is 8.40.